The average Bonchev–Trinajstić information content (AvgIpc) is 3.51. The van der Waals surface area contributed by atoms with E-state index >= 15 is 0 Å². The van der Waals surface area contributed by atoms with Crippen LogP contribution in [0.1, 0.15) is 17.7 Å². The van der Waals surface area contributed by atoms with Crippen LogP contribution in [0.2, 0.25) is 0 Å². The molecule has 7 nitrogen and oxygen atoms in total. The van der Waals surface area contributed by atoms with E-state index in [0.29, 0.717) is 5.92 Å². The molecule has 0 aliphatic carbocycles. The van der Waals surface area contributed by atoms with Crippen LogP contribution >= 0.6 is 0 Å². The first-order chi connectivity index (χ1) is 15.7. The minimum atomic E-state index is -0.310. The van der Waals surface area contributed by atoms with Gasteiger partial charge in [-0.25, -0.2) is 4.39 Å². The summed E-state index contributed by atoms with van der Waals surface area (Å²) in [5.74, 6) is 2.40. The molecule has 0 saturated carbocycles. The van der Waals surface area contributed by atoms with Gasteiger partial charge in [-0.1, -0.05) is 6.07 Å². The molecule has 4 rings (SSSR count). The summed E-state index contributed by atoms with van der Waals surface area (Å²) in [5, 5.41) is 3.53. The van der Waals surface area contributed by atoms with Gasteiger partial charge in [-0.3, -0.25) is 9.89 Å². The second-order valence-electron chi connectivity index (χ2n) is 8.38. The maximum Gasteiger partial charge on any atom is 0.194 e. The Morgan fingerprint density at radius 1 is 1.25 bits per heavy atom. The summed E-state index contributed by atoms with van der Waals surface area (Å²) >= 11 is 0. The summed E-state index contributed by atoms with van der Waals surface area (Å²) < 4.78 is 30.0. The molecular weight excluding hydrogens is 411 g/mol. The number of piperazine rings is 1. The second kappa shape index (κ2) is 11.3. The van der Waals surface area contributed by atoms with Crippen molar-refractivity contribution in [1.82, 2.24) is 15.1 Å². The standard InChI is InChI=1S/C24H33FN4O3/c1-30-23-5-4-19(15-22(23)25)17-28-9-11-29(12-10-28)24(27-16-20-7-14-31-18-20)26-8-6-21-3-2-13-32-21/h2-5,13,15,20H,6-12,14,16-18H2,1H3,(H,26,27). The summed E-state index contributed by atoms with van der Waals surface area (Å²) in [6.45, 7) is 7.50. The SMILES string of the molecule is COc1ccc(CN2CCN(C(=NCC3CCOC3)NCCc3ccco3)CC2)cc1F. The van der Waals surface area contributed by atoms with Crippen LogP contribution in [0.25, 0.3) is 0 Å². The molecule has 1 unspecified atom stereocenters. The molecule has 2 saturated heterocycles. The molecule has 2 aliphatic heterocycles. The number of halogens is 1. The largest absolute Gasteiger partial charge is 0.494 e. The van der Waals surface area contributed by atoms with Gasteiger partial charge in [0.1, 0.15) is 5.76 Å². The van der Waals surface area contributed by atoms with E-state index in [0.717, 1.165) is 89.2 Å². The van der Waals surface area contributed by atoms with Gasteiger partial charge in [-0.15, -0.1) is 0 Å². The smallest absolute Gasteiger partial charge is 0.194 e. The molecule has 1 aromatic carbocycles. The Hall–Kier alpha value is -2.58. The molecule has 174 valence electrons. The molecule has 2 aromatic rings. The lowest BCUT2D eigenvalue weighted by atomic mass is 10.1. The van der Waals surface area contributed by atoms with Gasteiger partial charge in [0.05, 0.1) is 20.0 Å². The van der Waals surface area contributed by atoms with Crippen molar-refractivity contribution in [1.29, 1.82) is 0 Å². The second-order valence-corrected chi connectivity index (χ2v) is 8.38. The zero-order chi connectivity index (χ0) is 22.2. The van der Waals surface area contributed by atoms with E-state index in [1.54, 1.807) is 18.4 Å². The third kappa shape index (κ3) is 6.23. The molecule has 32 heavy (non-hydrogen) atoms. The van der Waals surface area contributed by atoms with Crippen LogP contribution in [0.4, 0.5) is 4.39 Å². The number of nitrogens with one attached hydrogen (secondary N) is 1. The van der Waals surface area contributed by atoms with Crippen LogP contribution in [0.3, 0.4) is 0 Å². The number of benzene rings is 1. The summed E-state index contributed by atoms with van der Waals surface area (Å²) in [5.41, 5.74) is 0.962. The minimum absolute atomic E-state index is 0.285. The van der Waals surface area contributed by atoms with Gasteiger partial charge in [0.15, 0.2) is 17.5 Å². The van der Waals surface area contributed by atoms with Crippen LogP contribution in [0, 0.1) is 11.7 Å². The molecule has 0 spiro atoms. The molecule has 1 N–H and O–H groups in total. The number of rotatable bonds is 8. The number of hydrogen-bond acceptors (Lipinski definition) is 5. The van der Waals surface area contributed by atoms with Gasteiger partial charge in [0, 0.05) is 64.8 Å². The Morgan fingerprint density at radius 2 is 2.12 bits per heavy atom. The van der Waals surface area contributed by atoms with Crippen LogP contribution in [-0.4, -0.2) is 75.4 Å². The fourth-order valence-corrected chi connectivity index (χ4v) is 4.15. The molecular formula is C24H33FN4O3. The van der Waals surface area contributed by atoms with Gasteiger partial charge < -0.3 is 24.1 Å². The lowest BCUT2D eigenvalue weighted by Crippen LogP contribution is -2.52. The highest BCUT2D eigenvalue weighted by Crippen LogP contribution is 2.19. The van der Waals surface area contributed by atoms with Gasteiger partial charge in [0.2, 0.25) is 0 Å². The topological polar surface area (TPSA) is 62.5 Å². The number of ether oxygens (including phenoxy) is 2. The third-order valence-electron chi connectivity index (χ3n) is 6.05. The van der Waals surface area contributed by atoms with E-state index in [-0.39, 0.29) is 11.6 Å². The Balaban J connectivity index is 1.31. The quantitative estimate of drug-likeness (QED) is 0.499. The number of hydrogen-bond donors (Lipinski definition) is 1. The Bertz CT molecular complexity index is 860. The van der Waals surface area contributed by atoms with E-state index in [9.17, 15) is 4.39 Å². The maximum atomic E-state index is 14.0. The molecule has 1 atom stereocenters. The zero-order valence-electron chi connectivity index (χ0n) is 18.8. The van der Waals surface area contributed by atoms with E-state index in [1.165, 1.54) is 7.11 Å². The molecule has 0 amide bonds. The van der Waals surface area contributed by atoms with Crippen molar-refractivity contribution in [3.8, 4) is 5.75 Å². The Kier molecular flexibility index (Phi) is 8.01. The highest BCUT2D eigenvalue weighted by atomic mass is 19.1. The molecule has 2 aliphatic rings. The molecule has 1 aromatic heterocycles. The third-order valence-corrected chi connectivity index (χ3v) is 6.05. The normalized spacial score (nSPS) is 20.0. The molecule has 0 bridgehead atoms. The van der Waals surface area contributed by atoms with Gasteiger partial charge >= 0.3 is 0 Å². The minimum Gasteiger partial charge on any atom is -0.494 e. The monoisotopic (exact) mass is 444 g/mol. The van der Waals surface area contributed by atoms with Crippen molar-refractivity contribution in [3.05, 3.63) is 53.7 Å². The van der Waals surface area contributed by atoms with Crippen LogP contribution in [0.15, 0.2) is 46.0 Å². The number of furan rings is 1. The van der Waals surface area contributed by atoms with E-state index in [4.69, 9.17) is 18.9 Å². The summed E-state index contributed by atoms with van der Waals surface area (Å²) in [4.78, 5) is 9.60. The van der Waals surface area contributed by atoms with Crippen LogP contribution in [0.5, 0.6) is 5.75 Å². The summed E-state index contributed by atoms with van der Waals surface area (Å²) in [7, 11) is 1.48. The number of guanidine groups is 1. The van der Waals surface area contributed by atoms with E-state index in [2.05, 4.69) is 15.1 Å². The summed E-state index contributed by atoms with van der Waals surface area (Å²) in [6, 6.07) is 9.10. The molecule has 8 heteroatoms. The number of nitrogens with zero attached hydrogens (tertiary/aromatic N) is 3. The highest BCUT2D eigenvalue weighted by molar-refractivity contribution is 5.80. The first kappa shape index (κ1) is 22.6. The van der Waals surface area contributed by atoms with E-state index < -0.39 is 0 Å². The Labute approximate surface area is 189 Å². The predicted octanol–water partition coefficient (Wildman–Crippen LogP) is 2.77. The fraction of sp³-hybridized carbons (Fsp3) is 0.542. The van der Waals surface area contributed by atoms with Crippen molar-refractivity contribution in [2.24, 2.45) is 10.9 Å². The van der Waals surface area contributed by atoms with Crippen molar-refractivity contribution in [2.75, 3.05) is 59.6 Å². The van der Waals surface area contributed by atoms with Gasteiger partial charge in [0.25, 0.3) is 0 Å². The molecule has 0 radical (unpaired) electrons. The predicted molar refractivity (Wildman–Crippen MR) is 121 cm³/mol. The summed E-state index contributed by atoms with van der Waals surface area (Å²) in [6.07, 6.45) is 3.61. The van der Waals surface area contributed by atoms with E-state index in [1.807, 2.05) is 18.2 Å². The zero-order valence-corrected chi connectivity index (χ0v) is 18.8. The Morgan fingerprint density at radius 3 is 2.81 bits per heavy atom. The first-order valence-electron chi connectivity index (χ1n) is 11.4. The molecule has 2 fully saturated rings. The number of aliphatic imine (C=N–C) groups is 1. The van der Waals surface area contributed by atoms with Crippen LogP contribution in [-0.2, 0) is 17.7 Å². The maximum absolute atomic E-state index is 14.0. The van der Waals surface area contributed by atoms with Crippen molar-refractivity contribution < 1.29 is 18.3 Å². The fourth-order valence-electron chi connectivity index (χ4n) is 4.15. The lowest BCUT2D eigenvalue weighted by Gasteiger charge is -2.36. The first-order valence-corrected chi connectivity index (χ1v) is 11.4. The van der Waals surface area contributed by atoms with Crippen molar-refractivity contribution in [3.63, 3.8) is 0 Å². The van der Waals surface area contributed by atoms with Crippen LogP contribution < -0.4 is 10.1 Å². The lowest BCUT2D eigenvalue weighted by molar-refractivity contribution is 0.171. The number of methoxy groups -OCH3 is 1. The van der Waals surface area contributed by atoms with Crippen molar-refractivity contribution in [2.45, 2.75) is 19.4 Å². The average molecular weight is 445 g/mol. The highest BCUT2D eigenvalue weighted by Gasteiger charge is 2.21. The molecule has 3 heterocycles. The van der Waals surface area contributed by atoms with Gasteiger partial charge in [-0.05, 0) is 36.2 Å². The van der Waals surface area contributed by atoms with Gasteiger partial charge in [-0.2, -0.15) is 0 Å². The van der Waals surface area contributed by atoms with Crippen molar-refractivity contribution >= 4 is 5.96 Å².